The third-order valence-corrected chi connectivity index (χ3v) is 0.520. The van der Waals surface area contributed by atoms with E-state index in [1.54, 1.807) is 0 Å². The fourth-order valence-electron chi connectivity index (χ4n) is 0.0707. The second-order valence-electron chi connectivity index (χ2n) is 1.41. The van der Waals surface area contributed by atoms with E-state index in [0.717, 1.165) is 13.2 Å². The minimum atomic E-state index is 0.0938. The molecule has 8 heavy (non-hydrogen) atoms. The van der Waals surface area contributed by atoms with E-state index in [9.17, 15) is 0 Å². The summed E-state index contributed by atoms with van der Waals surface area (Å²) in [5.74, 6) is 0. The molecule has 50 valence electrons. The Morgan fingerprint density at radius 3 is 1.50 bits per heavy atom. The van der Waals surface area contributed by atoms with Crippen molar-refractivity contribution in [2.45, 2.75) is 6.42 Å². The van der Waals surface area contributed by atoms with Crippen LogP contribution in [0.15, 0.2) is 0 Å². The predicted octanol–water partition coefficient (Wildman–Crippen LogP) is -0.622. The molecule has 2 N–H and O–H groups in total. The maximum absolute atomic E-state index is 7.91. The highest BCUT2D eigenvalue weighted by Crippen LogP contribution is 1.84. The highest BCUT2D eigenvalue weighted by atomic mass is 16.6. The predicted molar refractivity (Wildman–Crippen MR) is 29.6 cm³/mol. The fourth-order valence-corrected chi connectivity index (χ4v) is 0.0707. The molecule has 3 nitrogen and oxygen atoms in total. The molecule has 1 aliphatic rings. The van der Waals surface area contributed by atoms with Crippen LogP contribution in [0.3, 0.4) is 0 Å². The molecule has 0 aliphatic carbocycles. The van der Waals surface area contributed by atoms with Gasteiger partial charge in [-0.05, 0) is 6.42 Å². The molecule has 1 aliphatic heterocycles. The van der Waals surface area contributed by atoms with Crippen molar-refractivity contribution < 1.29 is 14.9 Å². The molecule has 0 aromatic rings. The van der Waals surface area contributed by atoms with Gasteiger partial charge in [0, 0.05) is 13.2 Å². The van der Waals surface area contributed by atoms with Crippen molar-refractivity contribution >= 4 is 0 Å². The van der Waals surface area contributed by atoms with Crippen molar-refractivity contribution in [1.29, 1.82) is 0 Å². The minimum absolute atomic E-state index is 0.0938. The molecule has 0 saturated carbocycles. The van der Waals surface area contributed by atoms with Crippen LogP contribution in [0.25, 0.3) is 0 Å². The van der Waals surface area contributed by atoms with Gasteiger partial charge in [0.25, 0.3) is 0 Å². The van der Waals surface area contributed by atoms with Crippen LogP contribution in [0.4, 0.5) is 0 Å². The Morgan fingerprint density at radius 1 is 1.12 bits per heavy atom. The number of hydrogen-bond donors (Lipinski definition) is 2. The maximum atomic E-state index is 7.91. The van der Waals surface area contributed by atoms with Crippen molar-refractivity contribution in [3.63, 3.8) is 0 Å². The number of ether oxygens (including phenoxy) is 1. The van der Waals surface area contributed by atoms with E-state index in [0.29, 0.717) is 6.42 Å². The summed E-state index contributed by atoms with van der Waals surface area (Å²) in [6.07, 6.45) is 0.500. The normalized spacial score (nSPS) is 14.2. The van der Waals surface area contributed by atoms with E-state index in [4.69, 9.17) is 10.2 Å². The Kier molecular flexibility index (Phi) is 6.78. The SMILES string of the molecule is C1CO1.OCCCO. The summed E-state index contributed by atoms with van der Waals surface area (Å²) < 4.78 is 4.50. The zero-order chi connectivity index (χ0) is 6.24. The van der Waals surface area contributed by atoms with Gasteiger partial charge < -0.3 is 14.9 Å². The van der Waals surface area contributed by atoms with E-state index in [2.05, 4.69) is 4.74 Å². The summed E-state index contributed by atoms with van der Waals surface area (Å²) >= 11 is 0. The number of aliphatic hydroxyl groups is 2. The van der Waals surface area contributed by atoms with Gasteiger partial charge in [-0.15, -0.1) is 0 Å². The standard InChI is InChI=1S/C3H8O2.C2H4O/c4-2-1-3-5;1-2-3-1/h4-5H,1-3H2;1-2H2. The van der Waals surface area contributed by atoms with Crippen molar-refractivity contribution in [2.24, 2.45) is 0 Å². The first-order valence-electron chi connectivity index (χ1n) is 2.71. The van der Waals surface area contributed by atoms with Gasteiger partial charge in [-0.25, -0.2) is 0 Å². The molecule has 0 radical (unpaired) electrons. The molecule has 0 aromatic heterocycles. The number of epoxide rings is 1. The van der Waals surface area contributed by atoms with Crippen LogP contribution in [-0.4, -0.2) is 36.6 Å². The second kappa shape index (κ2) is 6.88. The Bertz CT molecular complexity index is 31.9. The van der Waals surface area contributed by atoms with E-state index in [1.807, 2.05) is 0 Å². The average Bonchev–Trinajstić information content (AvgIpc) is 2.50. The van der Waals surface area contributed by atoms with Gasteiger partial charge in [0.05, 0.1) is 13.2 Å². The Labute approximate surface area is 48.9 Å². The third-order valence-electron chi connectivity index (χ3n) is 0.520. The molecule has 3 heteroatoms. The molecular weight excluding hydrogens is 108 g/mol. The maximum Gasteiger partial charge on any atom is 0.0701 e. The van der Waals surface area contributed by atoms with Crippen LogP contribution in [0, 0.1) is 0 Å². The van der Waals surface area contributed by atoms with E-state index >= 15 is 0 Å². The van der Waals surface area contributed by atoms with Crippen molar-refractivity contribution in [3.8, 4) is 0 Å². The van der Waals surface area contributed by atoms with Crippen LogP contribution >= 0.6 is 0 Å². The van der Waals surface area contributed by atoms with Gasteiger partial charge in [0.2, 0.25) is 0 Å². The summed E-state index contributed by atoms with van der Waals surface area (Å²) in [5, 5.41) is 15.8. The van der Waals surface area contributed by atoms with E-state index < -0.39 is 0 Å². The molecule has 0 atom stereocenters. The molecule has 1 rings (SSSR count). The van der Waals surface area contributed by atoms with E-state index in [-0.39, 0.29) is 13.2 Å². The Balaban J connectivity index is 0.000000135. The van der Waals surface area contributed by atoms with Crippen molar-refractivity contribution in [3.05, 3.63) is 0 Å². The number of rotatable bonds is 2. The lowest BCUT2D eigenvalue weighted by molar-refractivity contribution is 0.221. The molecule has 1 saturated heterocycles. The van der Waals surface area contributed by atoms with Gasteiger partial charge in [-0.3, -0.25) is 0 Å². The molecule has 0 unspecified atom stereocenters. The summed E-state index contributed by atoms with van der Waals surface area (Å²) in [6, 6.07) is 0. The molecule has 0 amide bonds. The minimum Gasteiger partial charge on any atom is -0.396 e. The molecule has 1 fully saturated rings. The van der Waals surface area contributed by atoms with Gasteiger partial charge >= 0.3 is 0 Å². The van der Waals surface area contributed by atoms with Gasteiger partial charge in [0.15, 0.2) is 0 Å². The van der Waals surface area contributed by atoms with Gasteiger partial charge in [-0.1, -0.05) is 0 Å². The zero-order valence-electron chi connectivity index (χ0n) is 4.84. The van der Waals surface area contributed by atoms with Crippen LogP contribution in [0.1, 0.15) is 6.42 Å². The van der Waals surface area contributed by atoms with Crippen LogP contribution in [-0.2, 0) is 4.74 Å². The molecular formula is C5H12O3. The number of aliphatic hydroxyl groups excluding tert-OH is 2. The molecule has 0 spiro atoms. The average molecular weight is 120 g/mol. The monoisotopic (exact) mass is 120 g/mol. The van der Waals surface area contributed by atoms with Crippen molar-refractivity contribution in [2.75, 3.05) is 26.4 Å². The largest absolute Gasteiger partial charge is 0.396 e. The van der Waals surface area contributed by atoms with E-state index in [1.165, 1.54) is 0 Å². The van der Waals surface area contributed by atoms with Gasteiger partial charge in [0.1, 0.15) is 0 Å². The second-order valence-corrected chi connectivity index (χ2v) is 1.41. The quantitative estimate of drug-likeness (QED) is 0.477. The molecule has 0 bridgehead atoms. The summed E-state index contributed by atoms with van der Waals surface area (Å²) in [6.45, 7) is 2.19. The lowest BCUT2D eigenvalue weighted by atomic mass is 10.5. The van der Waals surface area contributed by atoms with Crippen LogP contribution in [0.2, 0.25) is 0 Å². The molecule has 0 aromatic carbocycles. The molecule has 1 heterocycles. The Hall–Kier alpha value is -0.120. The highest BCUT2D eigenvalue weighted by molar-refractivity contribution is 4.36. The van der Waals surface area contributed by atoms with Crippen molar-refractivity contribution in [1.82, 2.24) is 0 Å². The fraction of sp³-hybridized carbons (Fsp3) is 1.00. The topological polar surface area (TPSA) is 53.0 Å². The summed E-state index contributed by atoms with van der Waals surface area (Å²) in [7, 11) is 0. The smallest absolute Gasteiger partial charge is 0.0701 e. The lowest BCUT2D eigenvalue weighted by Crippen LogP contribution is -1.85. The lowest BCUT2D eigenvalue weighted by Gasteiger charge is -1.79. The van der Waals surface area contributed by atoms with Crippen LogP contribution < -0.4 is 0 Å². The first-order chi connectivity index (χ1) is 3.91. The first kappa shape index (κ1) is 7.88. The third kappa shape index (κ3) is 16.9. The summed E-state index contributed by atoms with van der Waals surface area (Å²) in [5.41, 5.74) is 0. The zero-order valence-corrected chi connectivity index (χ0v) is 4.84. The number of hydrogen-bond acceptors (Lipinski definition) is 3. The first-order valence-corrected chi connectivity index (χ1v) is 2.71. The Morgan fingerprint density at radius 2 is 1.50 bits per heavy atom. The van der Waals surface area contributed by atoms with Gasteiger partial charge in [-0.2, -0.15) is 0 Å². The summed E-state index contributed by atoms with van der Waals surface area (Å²) in [4.78, 5) is 0. The van der Waals surface area contributed by atoms with Crippen LogP contribution in [0.5, 0.6) is 0 Å². The highest BCUT2D eigenvalue weighted by Gasteiger charge is 1.94.